The average molecular weight is 268 g/mol. The van der Waals surface area contributed by atoms with Gasteiger partial charge in [0, 0.05) is 18.1 Å². The van der Waals surface area contributed by atoms with E-state index in [0.29, 0.717) is 10.3 Å². The molecule has 90 valence electrons. The van der Waals surface area contributed by atoms with Crippen molar-refractivity contribution >= 4 is 35.0 Å². The molecule has 0 amide bonds. The number of para-hydroxylation sites is 1. The van der Waals surface area contributed by atoms with Gasteiger partial charge in [-0.1, -0.05) is 12.1 Å². The van der Waals surface area contributed by atoms with Crippen molar-refractivity contribution in [1.29, 1.82) is 0 Å². The number of hydrogen-bond donors (Lipinski definition) is 1. The molecule has 2 aromatic rings. The van der Waals surface area contributed by atoms with Gasteiger partial charge in [0.2, 0.25) is 0 Å². The summed E-state index contributed by atoms with van der Waals surface area (Å²) in [5.41, 5.74) is 1.32. The summed E-state index contributed by atoms with van der Waals surface area (Å²) in [6.07, 6.45) is 1.87. The van der Waals surface area contributed by atoms with Crippen LogP contribution in [0.2, 0.25) is 0 Å². The van der Waals surface area contributed by atoms with Crippen LogP contribution < -0.4 is 0 Å². The van der Waals surface area contributed by atoms with Crippen molar-refractivity contribution < 1.29 is 4.39 Å². The summed E-state index contributed by atoms with van der Waals surface area (Å²) in [6, 6.07) is 5.01. The van der Waals surface area contributed by atoms with Crippen LogP contribution in [0.15, 0.2) is 30.9 Å². The van der Waals surface area contributed by atoms with E-state index in [1.54, 1.807) is 17.8 Å². The summed E-state index contributed by atoms with van der Waals surface area (Å²) >= 11 is 6.98. The maximum absolute atomic E-state index is 13.5. The van der Waals surface area contributed by atoms with Crippen LogP contribution in [0.1, 0.15) is 0 Å². The van der Waals surface area contributed by atoms with Gasteiger partial charge in [-0.2, -0.15) is 11.8 Å². The summed E-state index contributed by atoms with van der Waals surface area (Å²) in [6.45, 7) is 4.45. The molecule has 0 spiro atoms. The highest BCUT2D eigenvalue weighted by atomic mass is 32.2. The van der Waals surface area contributed by atoms with Gasteiger partial charge in [0.1, 0.15) is 11.3 Å². The van der Waals surface area contributed by atoms with E-state index in [4.69, 9.17) is 12.2 Å². The number of rotatable bonds is 5. The molecule has 0 atom stereocenters. The minimum Gasteiger partial charge on any atom is -0.328 e. The van der Waals surface area contributed by atoms with E-state index in [9.17, 15) is 4.39 Å². The van der Waals surface area contributed by atoms with E-state index in [-0.39, 0.29) is 5.82 Å². The number of aromatic amines is 1. The molecule has 0 saturated heterocycles. The maximum atomic E-state index is 13.5. The van der Waals surface area contributed by atoms with Gasteiger partial charge < -0.3 is 9.55 Å². The van der Waals surface area contributed by atoms with Crippen LogP contribution in [-0.4, -0.2) is 21.1 Å². The highest BCUT2D eigenvalue weighted by molar-refractivity contribution is 7.99. The SMILES string of the molecule is C=CCSCCn1c(=S)[nH]c2c(F)cccc21. The van der Waals surface area contributed by atoms with Crippen LogP contribution in [-0.2, 0) is 6.54 Å². The molecule has 0 radical (unpaired) electrons. The van der Waals surface area contributed by atoms with Crippen molar-refractivity contribution in [3.05, 3.63) is 41.4 Å². The third-order valence-corrected chi connectivity index (χ3v) is 3.72. The first-order valence-corrected chi connectivity index (χ1v) is 6.86. The van der Waals surface area contributed by atoms with Crippen LogP contribution in [0.25, 0.3) is 11.0 Å². The number of fused-ring (bicyclic) bond motifs is 1. The van der Waals surface area contributed by atoms with E-state index < -0.39 is 0 Å². The van der Waals surface area contributed by atoms with Crippen molar-refractivity contribution in [2.75, 3.05) is 11.5 Å². The molecular weight excluding hydrogens is 255 g/mol. The molecule has 0 bridgehead atoms. The summed E-state index contributed by atoms with van der Waals surface area (Å²) in [4.78, 5) is 2.91. The second-order valence-electron chi connectivity index (χ2n) is 3.58. The van der Waals surface area contributed by atoms with Crippen molar-refractivity contribution in [1.82, 2.24) is 9.55 Å². The Balaban J connectivity index is 2.27. The number of nitrogens with one attached hydrogen (secondary N) is 1. The summed E-state index contributed by atoms with van der Waals surface area (Å²) < 4.78 is 16.0. The molecule has 0 aliphatic carbocycles. The average Bonchev–Trinajstić information content (AvgIpc) is 2.63. The molecule has 1 heterocycles. The van der Waals surface area contributed by atoms with E-state index in [1.807, 2.05) is 16.7 Å². The molecule has 5 heteroatoms. The number of halogens is 1. The molecule has 1 aromatic heterocycles. The number of nitrogens with zero attached hydrogens (tertiary/aromatic N) is 1. The number of imidazole rings is 1. The van der Waals surface area contributed by atoms with Gasteiger partial charge in [0.05, 0.1) is 5.52 Å². The fraction of sp³-hybridized carbons (Fsp3) is 0.250. The quantitative estimate of drug-likeness (QED) is 0.506. The number of hydrogen-bond acceptors (Lipinski definition) is 2. The summed E-state index contributed by atoms with van der Waals surface area (Å²) in [5, 5.41) is 0. The van der Waals surface area contributed by atoms with Gasteiger partial charge in [0.25, 0.3) is 0 Å². The Labute approximate surface area is 109 Å². The molecule has 0 aliphatic rings. The van der Waals surface area contributed by atoms with Crippen LogP contribution in [0.3, 0.4) is 0 Å². The van der Waals surface area contributed by atoms with Gasteiger partial charge in [-0.05, 0) is 24.4 Å². The molecule has 2 nitrogen and oxygen atoms in total. The standard InChI is InChI=1S/C12H13FN2S2/c1-2-7-17-8-6-15-10-5-3-4-9(13)11(10)14-12(15)16/h2-5H,1,6-8H2,(H,14,16). The minimum absolute atomic E-state index is 0.258. The lowest BCUT2D eigenvalue weighted by molar-refractivity contribution is 0.637. The summed E-state index contributed by atoms with van der Waals surface area (Å²) in [5.74, 6) is 1.60. The molecular formula is C12H13FN2S2. The van der Waals surface area contributed by atoms with Crippen molar-refractivity contribution in [2.24, 2.45) is 0 Å². The lowest BCUT2D eigenvalue weighted by atomic mass is 10.3. The third kappa shape index (κ3) is 2.61. The van der Waals surface area contributed by atoms with Crippen LogP contribution in [0.5, 0.6) is 0 Å². The van der Waals surface area contributed by atoms with E-state index in [1.165, 1.54) is 6.07 Å². The second kappa shape index (κ2) is 5.51. The molecule has 2 rings (SSSR count). The van der Waals surface area contributed by atoms with Crippen molar-refractivity contribution in [2.45, 2.75) is 6.54 Å². The molecule has 0 aliphatic heterocycles. The Morgan fingerprint density at radius 2 is 2.35 bits per heavy atom. The fourth-order valence-electron chi connectivity index (χ4n) is 1.69. The van der Waals surface area contributed by atoms with Gasteiger partial charge in [-0.25, -0.2) is 4.39 Å². The van der Waals surface area contributed by atoms with Crippen LogP contribution in [0, 0.1) is 10.6 Å². The number of aryl methyl sites for hydroxylation is 1. The van der Waals surface area contributed by atoms with Gasteiger partial charge >= 0.3 is 0 Å². The Morgan fingerprint density at radius 3 is 3.12 bits per heavy atom. The normalized spacial score (nSPS) is 10.9. The van der Waals surface area contributed by atoms with Gasteiger partial charge in [-0.15, -0.1) is 6.58 Å². The van der Waals surface area contributed by atoms with Crippen LogP contribution in [0.4, 0.5) is 4.39 Å². The van der Waals surface area contributed by atoms with E-state index in [2.05, 4.69) is 11.6 Å². The Bertz CT molecular complexity index is 586. The number of thioether (sulfide) groups is 1. The molecule has 0 unspecified atom stereocenters. The van der Waals surface area contributed by atoms with Gasteiger partial charge in [0.15, 0.2) is 4.77 Å². The van der Waals surface area contributed by atoms with Crippen LogP contribution >= 0.6 is 24.0 Å². The molecule has 0 saturated carbocycles. The summed E-state index contributed by atoms with van der Waals surface area (Å²) in [7, 11) is 0. The topological polar surface area (TPSA) is 20.7 Å². The Kier molecular flexibility index (Phi) is 4.02. The highest BCUT2D eigenvalue weighted by Crippen LogP contribution is 2.17. The predicted octanol–water partition coefficient (Wildman–Crippen LogP) is 3.76. The number of H-pyrrole nitrogens is 1. The highest BCUT2D eigenvalue weighted by Gasteiger charge is 2.07. The maximum Gasteiger partial charge on any atom is 0.178 e. The first-order valence-electron chi connectivity index (χ1n) is 5.29. The Morgan fingerprint density at radius 1 is 1.53 bits per heavy atom. The number of aromatic nitrogens is 2. The zero-order valence-corrected chi connectivity index (χ0v) is 10.9. The first kappa shape index (κ1) is 12.4. The Hall–Kier alpha value is -1.07. The molecule has 1 aromatic carbocycles. The fourth-order valence-corrected chi connectivity index (χ4v) is 2.63. The molecule has 17 heavy (non-hydrogen) atoms. The van der Waals surface area contributed by atoms with Crippen molar-refractivity contribution in [3.63, 3.8) is 0 Å². The zero-order chi connectivity index (χ0) is 12.3. The lowest BCUT2D eigenvalue weighted by Gasteiger charge is -2.03. The zero-order valence-electron chi connectivity index (χ0n) is 9.28. The van der Waals surface area contributed by atoms with Gasteiger partial charge in [-0.3, -0.25) is 0 Å². The smallest absolute Gasteiger partial charge is 0.178 e. The number of benzene rings is 1. The predicted molar refractivity (Wildman–Crippen MR) is 74.6 cm³/mol. The lowest BCUT2D eigenvalue weighted by Crippen LogP contribution is -2.00. The molecule has 0 fully saturated rings. The molecule has 1 N–H and O–H groups in total. The monoisotopic (exact) mass is 268 g/mol. The first-order chi connectivity index (χ1) is 8.24. The second-order valence-corrected chi connectivity index (χ2v) is 5.12. The van der Waals surface area contributed by atoms with E-state index in [0.717, 1.165) is 23.6 Å². The van der Waals surface area contributed by atoms with E-state index >= 15 is 0 Å². The van der Waals surface area contributed by atoms with Crippen molar-refractivity contribution in [3.8, 4) is 0 Å². The largest absolute Gasteiger partial charge is 0.328 e. The third-order valence-electron chi connectivity index (χ3n) is 2.45. The minimum atomic E-state index is -0.258.